The first-order valence-corrected chi connectivity index (χ1v) is 9.12. The van der Waals surface area contributed by atoms with Crippen molar-refractivity contribution in [2.45, 2.75) is 19.1 Å². The van der Waals surface area contributed by atoms with E-state index in [1.54, 1.807) is 12.0 Å². The maximum absolute atomic E-state index is 13.1. The standard InChI is InChI=1S/C21H23NO5/c1-15-4-9-19-18(14-15)21(26-12-13-27-21)20(23)22(19)10-3-11-25-17-7-5-16(24-2)6-8-17/h4-9,14H,3,10-13H2,1-2H3. The summed E-state index contributed by atoms with van der Waals surface area (Å²) in [7, 11) is 1.63. The fourth-order valence-corrected chi connectivity index (χ4v) is 3.55. The van der Waals surface area contributed by atoms with Crippen molar-refractivity contribution >= 4 is 11.6 Å². The van der Waals surface area contributed by atoms with E-state index in [2.05, 4.69) is 0 Å². The predicted octanol–water partition coefficient (Wildman–Crippen LogP) is 3.02. The topological polar surface area (TPSA) is 57.2 Å². The van der Waals surface area contributed by atoms with Crippen molar-refractivity contribution in [3.8, 4) is 11.5 Å². The Kier molecular flexibility index (Phi) is 4.76. The Bertz CT molecular complexity index is 827. The van der Waals surface area contributed by atoms with Gasteiger partial charge in [-0.25, -0.2) is 0 Å². The zero-order valence-corrected chi connectivity index (χ0v) is 15.6. The SMILES string of the molecule is COc1ccc(OCCCN2C(=O)C3(OCCO3)c3cc(C)ccc32)cc1. The Hall–Kier alpha value is -2.57. The number of carbonyl (C=O) groups is 1. The Labute approximate surface area is 158 Å². The van der Waals surface area contributed by atoms with E-state index in [4.69, 9.17) is 18.9 Å². The van der Waals surface area contributed by atoms with Gasteiger partial charge in [0.25, 0.3) is 11.7 Å². The van der Waals surface area contributed by atoms with Gasteiger partial charge in [0.05, 0.1) is 32.6 Å². The van der Waals surface area contributed by atoms with Crippen molar-refractivity contribution in [2.24, 2.45) is 0 Å². The van der Waals surface area contributed by atoms with Crippen LogP contribution in [0.5, 0.6) is 11.5 Å². The van der Waals surface area contributed by atoms with Gasteiger partial charge in [0.15, 0.2) is 0 Å². The van der Waals surface area contributed by atoms with Crippen molar-refractivity contribution in [1.29, 1.82) is 0 Å². The highest BCUT2D eigenvalue weighted by molar-refractivity contribution is 6.06. The van der Waals surface area contributed by atoms with Gasteiger partial charge >= 0.3 is 0 Å². The fraction of sp³-hybridized carbons (Fsp3) is 0.381. The van der Waals surface area contributed by atoms with Crippen LogP contribution < -0.4 is 14.4 Å². The second-order valence-corrected chi connectivity index (χ2v) is 6.67. The average Bonchev–Trinajstić information content (AvgIpc) is 3.26. The Morgan fingerprint density at radius 2 is 1.78 bits per heavy atom. The maximum atomic E-state index is 13.1. The van der Waals surface area contributed by atoms with Crippen LogP contribution in [0, 0.1) is 6.92 Å². The molecule has 0 aromatic heterocycles. The summed E-state index contributed by atoms with van der Waals surface area (Å²) in [6.45, 7) is 3.89. The van der Waals surface area contributed by atoms with Gasteiger partial charge in [-0.1, -0.05) is 11.6 Å². The molecule has 0 bridgehead atoms. The third-order valence-electron chi connectivity index (χ3n) is 4.87. The molecule has 142 valence electrons. The third kappa shape index (κ3) is 3.15. The molecule has 2 aromatic carbocycles. The highest BCUT2D eigenvalue weighted by Gasteiger charge is 2.55. The molecule has 27 heavy (non-hydrogen) atoms. The van der Waals surface area contributed by atoms with E-state index in [0.29, 0.717) is 32.8 Å². The highest BCUT2D eigenvalue weighted by atomic mass is 16.7. The zero-order chi connectivity index (χ0) is 18.9. The van der Waals surface area contributed by atoms with Crippen LogP contribution in [0.25, 0.3) is 0 Å². The van der Waals surface area contributed by atoms with Crippen LogP contribution in [0.15, 0.2) is 42.5 Å². The minimum atomic E-state index is -1.27. The van der Waals surface area contributed by atoms with Crippen LogP contribution in [0.3, 0.4) is 0 Å². The van der Waals surface area contributed by atoms with Crippen molar-refractivity contribution in [3.63, 3.8) is 0 Å². The summed E-state index contributed by atoms with van der Waals surface area (Å²) in [5, 5.41) is 0. The first-order valence-electron chi connectivity index (χ1n) is 9.12. The molecule has 6 heteroatoms. The van der Waals surface area contributed by atoms with E-state index in [1.807, 2.05) is 49.4 Å². The number of carbonyl (C=O) groups excluding carboxylic acids is 1. The molecule has 0 aliphatic carbocycles. The average molecular weight is 369 g/mol. The predicted molar refractivity (Wildman–Crippen MR) is 100 cm³/mol. The number of rotatable bonds is 6. The summed E-state index contributed by atoms with van der Waals surface area (Å²) in [6.07, 6.45) is 0.696. The summed E-state index contributed by atoms with van der Waals surface area (Å²) in [5.41, 5.74) is 2.74. The first-order chi connectivity index (χ1) is 13.1. The van der Waals surface area contributed by atoms with Crippen molar-refractivity contribution in [1.82, 2.24) is 0 Å². The van der Waals surface area contributed by atoms with Crippen molar-refractivity contribution in [3.05, 3.63) is 53.6 Å². The monoisotopic (exact) mass is 369 g/mol. The number of benzene rings is 2. The lowest BCUT2D eigenvalue weighted by Gasteiger charge is -2.22. The second kappa shape index (κ2) is 7.21. The molecule has 4 rings (SSSR count). The van der Waals surface area contributed by atoms with Crippen LogP contribution in [-0.2, 0) is 20.1 Å². The van der Waals surface area contributed by atoms with E-state index >= 15 is 0 Å². The minimum absolute atomic E-state index is 0.148. The van der Waals surface area contributed by atoms with Crippen molar-refractivity contribution in [2.75, 3.05) is 38.4 Å². The van der Waals surface area contributed by atoms with E-state index < -0.39 is 5.79 Å². The summed E-state index contributed by atoms with van der Waals surface area (Å²) in [5.74, 6) is 0.153. The number of ether oxygens (including phenoxy) is 4. The van der Waals surface area contributed by atoms with Gasteiger partial charge in [0, 0.05) is 12.1 Å². The lowest BCUT2D eigenvalue weighted by molar-refractivity contribution is -0.180. The summed E-state index contributed by atoms with van der Waals surface area (Å²) in [4.78, 5) is 14.8. The van der Waals surface area contributed by atoms with Crippen LogP contribution in [0.2, 0.25) is 0 Å². The summed E-state index contributed by atoms with van der Waals surface area (Å²) in [6, 6.07) is 13.4. The number of aryl methyl sites for hydroxylation is 1. The molecule has 0 unspecified atom stereocenters. The Morgan fingerprint density at radius 3 is 2.48 bits per heavy atom. The molecule has 0 atom stereocenters. The molecule has 1 saturated heterocycles. The molecule has 0 saturated carbocycles. The zero-order valence-electron chi connectivity index (χ0n) is 15.6. The van der Waals surface area contributed by atoms with Gasteiger partial charge in [0.2, 0.25) is 0 Å². The normalized spacial score (nSPS) is 17.4. The molecule has 2 aliphatic rings. The molecule has 1 fully saturated rings. The van der Waals surface area contributed by atoms with E-state index in [1.165, 1.54) is 0 Å². The molecule has 2 aliphatic heterocycles. The van der Waals surface area contributed by atoms with E-state index in [9.17, 15) is 4.79 Å². The van der Waals surface area contributed by atoms with Gasteiger partial charge in [-0.2, -0.15) is 0 Å². The number of anilines is 1. The molecule has 2 heterocycles. The van der Waals surface area contributed by atoms with Crippen LogP contribution in [-0.4, -0.2) is 39.4 Å². The van der Waals surface area contributed by atoms with E-state index in [-0.39, 0.29) is 5.91 Å². The lowest BCUT2D eigenvalue weighted by Crippen LogP contribution is -2.41. The number of hydrogen-bond donors (Lipinski definition) is 0. The molecule has 1 amide bonds. The number of amides is 1. The molecule has 2 aromatic rings. The molecular weight excluding hydrogens is 346 g/mol. The van der Waals surface area contributed by atoms with Gasteiger partial charge in [0.1, 0.15) is 11.5 Å². The lowest BCUT2D eigenvalue weighted by atomic mass is 10.0. The quantitative estimate of drug-likeness (QED) is 0.733. The van der Waals surface area contributed by atoms with Gasteiger partial charge in [-0.15, -0.1) is 0 Å². The Balaban J connectivity index is 1.42. The summed E-state index contributed by atoms with van der Waals surface area (Å²) >= 11 is 0. The molecule has 0 N–H and O–H groups in total. The van der Waals surface area contributed by atoms with E-state index in [0.717, 1.165) is 28.3 Å². The molecular formula is C21H23NO5. The number of nitrogens with zero attached hydrogens (tertiary/aromatic N) is 1. The van der Waals surface area contributed by atoms with Gasteiger partial charge < -0.3 is 23.8 Å². The molecule has 0 radical (unpaired) electrons. The van der Waals surface area contributed by atoms with Crippen molar-refractivity contribution < 1.29 is 23.7 Å². The van der Waals surface area contributed by atoms with Crippen LogP contribution >= 0.6 is 0 Å². The summed E-state index contributed by atoms with van der Waals surface area (Å²) < 4.78 is 22.4. The Morgan fingerprint density at radius 1 is 1.07 bits per heavy atom. The third-order valence-corrected chi connectivity index (χ3v) is 4.87. The molecule has 1 spiro atoms. The maximum Gasteiger partial charge on any atom is 0.292 e. The van der Waals surface area contributed by atoms with Gasteiger partial charge in [-0.3, -0.25) is 4.79 Å². The first kappa shape index (κ1) is 17.8. The number of methoxy groups -OCH3 is 1. The highest BCUT2D eigenvalue weighted by Crippen LogP contribution is 2.46. The van der Waals surface area contributed by atoms with Gasteiger partial charge in [-0.05, 0) is 49.7 Å². The minimum Gasteiger partial charge on any atom is -0.497 e. The fourth-order valence-electron chi connectivity index (χ4n) is 3.55. The second-order valence-electron chi connectivity index (χ2n) is 6.67. The smallest absolute Gasteiger partial charge is 0.292 e. The largest absolute Gasteiger partial charge is 0.497 e. The number of hydrogen-bond acceptors (Lipinski definition) is 5. The van der Waals surface area contributed by atoms with Crippen LogP contribution in [0.1, 0.15) is 17.5 Å². The molecule has 6 nitrogen and oxygen atoms in total. The van der Waals surface area contributed by atoms with Crippen LogP contribution in [0.4, 0.5) is 5.69 Å². The number of fused-ring (bicyclic) bond motifs is 2.